The molecule has 0 unspecified atom stereocenters. The summed E-state index contributed by atoms with van der Waals surface area (Å²) in [5.41, 5.74) is -1.98. The highest BCUT2D eigenvalue weighted by Gasteiger charge is 2.26. The van der Waals surface area contributed by atoms with E-state index in [9.17, 15) is 23.7 Å². The number of nitrogens with one attached hydrogen (secondary N) is 1. The van der Waals surface area contributed by atoms with Crippen molar-refractivity contribution in [1.29, 1.82) is 0 Å². The average molecular weight is 297 g/mol. The maximum atomic E-state index is 13.8. The van der Waals surface area contributed by atoms with Gasteiger partial charge < -0.3 is 9.88 Å². The van der Waals surface area contributed by atoms with Crippen LogP contribution in [0, 0.1) is 21.7 Å². The fraction of sp³-hybridized carbons (Fsp3) is 0.182. The van der Waals surface area contributed by atoms with E-state index in [1.54, 1.807) is 7.05 Å². The Morgan fingerprint density at radius 1 is 1.48 bits per heavy atom. The molecule has 1 aromatic carbocycles. The van der Waals surface area contributed by atoms with Gasteiger partial charge in [0.2, 0.25) is 5.82 Å². The topological polar surface area (TPSA) is 103 Å². The van der Waals surface area contributed by atoms with Gasteiger partial charge in [0.05, 0.1) is 11.5 Å². The van der Waals surface area contributed by atoms with E-state index in [0.717, 1.165) is 0 Å². The molecule has 0 spiro atoms. The van der Waals surface area contributed by atoms with Gasteiger partial charge in [-0.05, 0) is 6.07 Å². The third-order valence-electron chi connectivity index (χ3n) is 2.71. The zero-order valence-corrected chi connectivity index (χ0v) is 10.7. The highest BCUT2D eigenvalue weighted by atomic mass is 19.1. The van der Waals surface area contributed by atoms with Crippen molar-refractivity contribution >= 4 is 11.6 Å². The van der Waals surface area contributed by atoms with Crippen molar-refractivity contribution < 1.29 is 18.5 Å². The molecule has 0 fully saturated rings. The van der Waals surface area contributed by atoms with Crippen molar-refractivity contribution in [1.82, 2.24) is 20.1 Å². The van der Waals surface area contributed by atoms with Gasteiger partial charge in [-0.2, -0.15) is 4.39 Å². The van der Waals surface area contributed by atoms with Gasteiger partial charge in [-0.1, -0.05) is 0 Å². The van der Waals surface area contributed by atoms with E-state index >= 15 is 0 Å². The first-order valence-corrected chi connectivity index (χ1v) is 5.65. The number of halogens is 2. The maximum absolute atomic E-state index is 13.8. The predicted molar refractivity (Wildman–Crippen MR) is 65.2 cm³/mol. The van der Waals surface area contributed by atoms with Gasteiger partial charge in [-0.15, -0.1) is 10.2 Å². The summed E-state index contributed by atoms with van der Waals surface area (Å²) in [5, 5.41) is 20.1. The minimum atomic E-state index is -1.52. The van der Waals surface area contributed by atoms with Crippen molar-refractivity contribution in [3.05, 3.63) is 51.6 Å². The van der Waals surface area contributed by atoms with Crippen molar-refractivity contribution in [3.8, 4) is 0 Å². The number of aromatic nitrogens is 3. The van der Waals surface area contributed by atoms with Crippen molar-refractivity contribution in [2.75, 3.05) is 0 Å². The van der Waals surface area contributed by atoms with Crippen molar-refractivity contribution in [2.45, 2.75) is 6.54 Å². The molecule has 1 heterocycles. The van der Waals surface area contributed by atoms with Crippen LogP contribution in [0.2, 0.25) is 0 Å². The summed E-state index contributed by atoms with van der Waals surface area (Å²) >= 11 is 0. The number of benzene rings is 1. The smallest absolute Gasteiger partial charge is 0.305 e. The Morgan fingerprint density at radius 3 is 2.76 bits per heavy atom. The molecule has 1 N–H and O–H groups in total. The van der Waals surface area contributed by atoms with Crippen LogP contribution in [0.3, 0.4) is 0 Å². The van der Waals surface area contributed by atoms with Crippen LogP contribution in [-0.2, 0) is 13.6 Å². The molecule has 0 aliphatic rings. The minimum Gasteiger partial charge on any atom is -0.345 e. The first-order chi connectivity index (χ1) is 9.91. The molecule has 10 heteroatoms. The molecule has 110 valence electrons. The number of nitrogens with zero attached hydrogens (tertiary/aromatic N) is 4. The molecule has 0 radical (unpaired) electrons. The van der Waals surface area contributed by atoms with Crippen LogP contribution in [0.5, 0.6) is 0 Å². The number of carbonyl (C=O) groups excluding carboxylic acids is 1. The number of carbonyl (C=O) groups is 1. The van der Waals surface area contributed by atoms with Gasteiger partial charge in [-0.3, -0.25) is 14.9 Å². The lowest BCUT2D eigenvalue weighted by Crippen LogP contribution is -2.26. The Morgan fingerprint density at radius 2 is 2.19 bits per heavy atom. The molecular formula is C11H9F2N5O3. The van der Waals surface area contributed by atoms with Gasteiger partial charge >= 0.3 is 5.69 Å². The fourth-order valence-corrected chi connectivity index (χ4v) is 1.61. The molecule has 1 aromatic heterocycles. The molecule has 8 nitrogen and oxygen atoms in total. The second-order valence-electron chi connectivity index (χ2n) is 4.05. The maximum Gasteiger partial charge on any atom is 0.305 e. The summed E-state index contributed by atoms with van der Waals surface area (Å²) in [4.78, 5) is 21.3. The Hall–Kier alpha value is -2.91. The summed E-state index contributed by atoms with van der Waals surface area (Å²) in [6, 6.07) is 1.32. The summed E-state index contributed by atoms with van der Waals surface area (Å²) in [6.45, 7) is -0.128. The molecule has 21 heavy (non-hydrogen) atoms. The molecular weight excluding hydrogens is 288 g/mol. The zero-order chi connectivity index (χ0) is 15.6. The Labute approximate surface area is 116 Å². The molecule has 0 atom stereocenters. The molecule has 0 bridgehead atoms. The molecule has 1 amide bonds. The van der Waals surface area contributed by atoms with Crippen molar-refractivity contribution in [3.63, 3.8) is 0 Å². The third kappa shape index (κ3) is 2.83. The van der Waals surface area contributed by atoms with Crippen LogP contribution in [0.1, 0.15) is 16.2 Å². The molecule has 2 aromatic rings. The van der Waals surface area contributed by atoms with Crippen LogP contribution in [0.15, 0.2) is 18.5 Å². The SMILES string of the molecule is Cn1cnnc1CNC(=O)c1c(F)ccc([N+](=O)[O-])c1F. The first-order valence-electron chi connectivity index (χ1n) is 5.65. The lowest BCUT2D eigenvalue weighted by Gasteiger charge is -2.07. The minimum absolute atomic E-state index is 0.128. The molecule has 2 rings (SSSR count). The Kier molecular flexibility index (Phi) is 3.87. The first kappa shape index (κ1) is 14.5. The number of nitro groups is 1. The monoisotopic (exact) mass is 297 g/mol. The van der Waals surface area contributed by atoms with Gasteiger partial charge in [-0.25, -0.2) is 4.39 Å². The van der Waals surface area contributed by atoms with Crippen LogP contribution >= 0.6 is 0 Å². The number of amides is 1. The van der Waals surface area contributed by atoms with E-state index in [1.165, 1.54) is 10.9 Å². The van der Waals surface area contributed by atoms with Crippen LogP contribution < -0.4 is 5.32 Å². The highest BCUT2D eigenvalue weighted by molar-refractivity contribution is 5.95. The second-order valence-corrected chi connectivity index (χ2v) is 4.05. The Bertz CT molecular complexity index is 716. The highest BCUT2D eigenvalue weighted by Crippen LogP contribution is 2.22. The standard InChI is InChI=1S/C11H9F2N5O3/c1-17-5-15-16-8(17)4-14-11(19)9-6(12)2-3-7(10(9)13)18(20)21/h2-3,5H,4H2,1H3,(H,14,19). The quantitative estimate of drug-likeness (QED) is 0.668. The van der Waals surface area contributed by atoms with Gasteiger partial charge in [0.25, 0.3) is 5.91 Å². The van der Waals surface area contributed by atoms with E-state index in [2.05, 4.69) is 15.5 Å². The molecule has 0 saturated heterocycles. The summed E-state index contributed by atoms with van der Waals surface area (Å²) in [6.07, 6.45) is 1.38. The normalized spacial score (nSPS) is 10.4. The number of hydrogen-bond acceptors (Lipinski definition) is 5. The van der Waals surface area contributed by atoms with E-state index in [4.69, 9.17) is 0 Å². The van der Waals surface area contributed by atoms with E-state index in [-0.39, 0.29) is 6.54 Å². The van der Waals surface area contributed by atoms with Gasteiger partial charge in [0, 0.05) is 13.1 Å². The Balaban J connectivity index is 2.25. The van der Waals surface area contributed by atoms with Crippen LogP contribution in [0.4, 0.5) is 14.5 Å². The second kappa shape index (κ2) is 5.61. The van der Waals surface area contributed by atoms with Gasteiger partial charge in [0.15, 0.2) is 5.82 Å². The fourth-order valence-electron chi connectivity index (χ4n) is 1.61. The molecule has 0 saturated carbocycles. The number of hydrogen-bond donors (Lipinski definition) is 1. The summed E-state index contributed by atoms with van der Waals surface area (Å²) in [7, 11) is 1.62. The summed E-state index contributed by atoms with van der Waals surface area (Å²) in [5.74, 6) is -3.46. The van der Waals surface area contributed by atoms with Crippen LogP contribution in [-0.4, -0.2) is 25.6 Å². The lowest BCUT2D eigenvalue weighted by molar-refractivity contribution is -0.387. The number of rotatable bonds is 4. The van der Waals surface area contributed by atoms with E-state index in [1.807, 2.05) is 0 Å². The van der Waals surface area contributed by atoms with Gasteiger partial charge in [0.1, 0.15) is 17.7 Å². The zero-order valence-electron chi connectivity index (χ0n) is 10.7. The van der Waals surface area contributed by atoms with E-state index < -0.39 is 33.7 Å². The largest absolute Gasteiger partial charge is 0.345 e. The predicted octanol–water partition coefficient (Wildman–Crippen LogP) is 0.931. The molecule has 0 aliphatic carbocycles. The van der Waals surface area contributed by atoms with Crippen molar-refractivity contribution in [2.24, 2.45) is 7.05 Å². The van der Waals surface area contributed by atoms with E-state index in [0.29, 0.717) is 18.0 Å². The third-order valence-corrected chi connectivity index (χ3v) is 2.71. The lowest BCUT2D eigenvalue weighted by atomic mass is 10.1. The summed E-state index contributed by atoms with van der Waals surface area (Å²) < 4.78 is 28.8. The average Bonchev–Trinajstić information content (AvgIpc) is 2.81. The van der Waals surface area contributed by atoms with Crippen LogP contribution in [0.25, 0.3) is 0 Å². The molecule has 0 aliphatic heterocycles. The number of aryl methyl sites for hydroxylation is 1. The number of nitro benzene ring substituents is 1.